The summed E-state index contributed by atoms with van der Waals surface area (Å²) in [6.07, 6.45) is 1.16. The Balaban J connectivity index is 2.05. The normalized spacial score (nSPS) is 11.1. The lowest BCUT2D eigenvalue weighted by molar-refractivity contribution is -0.116. The number of amides is 1. The van der Waals surface area contributed by atoms with Crippen LogP contribution < -0.4 is 9.62 Å². The van der Waals surface area contributed by atoms with Crippen molar-refractivity contribution in [1.29, 1.82) is 0 Å². The molecule has 0 saturated heterocycles. The highest BCUT2D eigenvalue weighted by Gasteiger charge is 2.18. The van der Waals surface area contributed by atoms with Gasteiger partial charge in [0.1, 0.15) is 0 Å². The Kier molecular flexibility index (Phi) is 5.85. The van der Waals surface area contributed by atoms with E-state index in [1.807, 2.05) is 25.1 Å². The second-order valence-corrected chi connectivity index (χ2v) is 7.82. The molecule has 0 aromatic heterocycles. The molecule has 0 aliphatic heterocycles. The first-order chi connectivity index (χ1) is 11.3. The molecular weight excluding hydrogens is 348 g/mol. The Bertz CT molecular complexity index is 820. The molecule has 7 heteroatoms. The number of carbonyl (C=O) groups is 1. The molecule has 5 nitrogen and oxygen atoms in total. The Morgan fingerprint density at radius 1 is 1.17 bits per heavy atom. The minimum absolute atomic E-state index is 0.0453. The maximum Gasteiger partial charge on any atom is 0.232 e. The Morgan fingerprint density at radius 3 is 2.42 bits per heavy atom. The predicted octanol–water partition coefficient (Wildman–Crippen LogP) is 3.44. The molecule has 128 valence electrons. The molecule has 1 amide bonds. The van der Waals surface area contributed by atoms with Crippen LogP contribution in [0.25, 0.3) is 0 Å². The van der Waals surface area contributed by atoms with Gasteiger partial charge in [-0.15, -0.1) is 0 Å². The lowest BCUT2D eigenvalue weighted by Crippen LogP contribution is -2.33. The van der Waals surface area contributed by atoms with Crippen LogP contribution in [0.2, 0.25) is 5.02 Å². The van der Waals surface area contributed by atoms with Gasteiger partial charge in [0, 0.05) is 23.7 Å². The molecular formula is C17H19ClN2O3S. The van der Waals surface area contributed by atoms with Gasteiger partial charge in [0.2, 0.25) is 15.9 Å². The molecule has 0 aliphatic rings. The third-order valence-electron chi connectivity index (χ3n) is 3.36. The van der Waals surface area contributed by atoms with Crippen molar-refractivity contribution in [2.45, 2.75) is 13.3 Å². The van der Waals surface area contributed by atoms with E-state index in [1.54, 1.807) is 30.3 Å². The van der Waals surface area contributed by atoms with E-state index in [1.165, 1.54) is 4.31 Å². The molecule has 0 spiro atoms. The second kappa shape index (κ2) is 7.68. The first-order valence-corrected chi connectivity index (χ1v) is 9.58. The number of hydrogen-bond acceptors (Lipinski definition) is 3. The van der Waals surface area contributed by atoms with E-state index in [0.717, 1.165) is 11.8 Å². The zero-order chi connectivity index (χ0) is 17.7. The van der Waals surface area contributed by atoms with E-state index in [0.29, 0.717) is 16.4 Å². The molecule has 0 aliphatic carbocycles. The van der Waals surface area contributed by atoms with Gasteiger partial charge in [-0.3, -0.25) is 9.10 Å². The van der Waals surface area contributed by atoms with Gasteiger partial charge in [0.05, 0.1) is 11.9 Å². The minimum Gasteiger partial charge on any atom is -0.326 e. The number of halogens is 1. The van der Waals surface area contributed by atoms with Crippen molar-refractivity contribution >= 4 is 38.9 Å². The van der Waals surface area contributed by atoms with Gasteiger partial charge in [0.25, 0.3) is 0 Å². The van der Waals surface area contributed by atoms with Crippen LogP contribution in [-0.2, 0) is 14.8 Å². The average Bonchev–Trinajstić information content (AvgIpc) is 2.48. The van der Waals surface area contributed by atoms with Crippen molar-refractivity contribution < 1.29 is 13.2 Å². The molecule has 0 atom stereocenters. The molecule has 0 radical (unpaired) electrons. The summed E-state index contributed by atoms with van der Waals surface area (Å²) in [5.74, 6) is -0.247. The largest absolute Gasteiger partial charge is 0.326 e. The molecule has 1 N–H and O–H groups in total. The Hall–Kier alpha value is -2.05. The highest BCUT2D eigenvalue weighted by atomic mass is 35.5. The van der Waals surface area contributed by atoms with Crippen molar-refractivity contribution in [3.05, 3.63) is 59.1 Å². The fourth-order valence-corrected chi connectivity index (χ4v) is 3.30. The molecule has 0 bridgehead atoms. The maximum atomic E-state index is 12.1. The maximum absolute atomic E-state index is 12.1. The zero-order valence-electron chi connectivity index (χ0n) is 13.5. The number of anilines is 2. The third-order valence-corrected chi connectivity index (χ3v) is 4.80. The van der Waals surface area contributed by atoms with E-state index in [2.05, 4.69) is 5.32 Å². The van der Waals surface area contributed by atoms with Gasteiger partial charge in [-0.25, -0.2) is 8.42 Å². The van der Waals surface area contributed by atoms with Crippen molar-refractivity contribution in [3.63, 3.8) is 0 Å². The fraction of sp³-hybridized carbons (Fsp3) is 0.235. The number of aryl methyl sites for hydroxylation is 1. The van der Waals surface area contributed by atoms with Gasteiger partial charge in [-0.1, -0.05) is 23.7 Å². The summed E-state index contributed by atoms with van der Waals surface area (Å²) < 4.78 is 25.2. The van der Waals surface area contributed by atoms with Crippen molar-refractivity contribution in [2.75, 3.05) is 22.4 Å². The first-order valence-electron chi connectivity index (χ1n) is 7.35. The van der Waals surface area contributed by atoms with E-state index in [4.69, 9.17) is 11.6 Å². The minimum atomic E-state index is -3.50. The van der Waals surface area contributed by atoms with Crippen LogP contribution in [0.15, 0.2) is 48.5 Å². The quantitative estimate of drug-likeness (QED) is 0.851. The standard InChI is InChI=1S/C17H19ClN2O3S/c1-13-4-3-5-15(12-13)19-17(21)10-11-20(24(2,22)23)16-8-6-14(18)7-9-16/h3-9,12H,10-11H2,1-2H3,(H,19,21). The van der Waals surface area contributed by atoms with Crippen molar-refractivity contribution in [3.8, 4) is 0 Å². The summed E-state index contributed by atoms with van der Waals surface area (Å²) in [6, 6.07) is 13.9. The topological polar surface area (TPSA) is 66.5 Å². The summed E-state index contributed by atoms with van der Waals surface area (Å²) in [5, 5.41) is 3.29. The monoisotopic (exact) mass is 366 g/mol. The molecule has 2 aromatic rings. The molecule has 0 heterocycles. The first kappa shape index (κ1) is 18.3. The fourth-order valence-electron chi connectivity index (χ4n) is 2.24. The summed E-state index contributed by atoms with van der Waals surface area (Å²) in [6.45, 7) is 1.99. The highest BCUT2D eigenvalue weighted by molar-refractivity contribution is 7.92. The lowest BCUT2D eigenvalue weighted by Gasteiger charge is -2.22. The highest BCUT2D eigenvalue weighted by Crippen LogP contribution is 2.21. The number of hydrogen-bond donors (Lipinski definition) is 1. The number of nitrogens with one attached hydrogen (secondary N) is 1. The summed E-state index contributed by atoms with van der Waals surface area (Å²) in [5.41, 5.74) is 2.20. The van der Waals surface area contributed by atoms with Crippen LogP contribution in [0.4, 0.5) is 11.4 Å². The van der Waals surface area contributed by atoms with E-state index < -0.39 is 10.0 Å². The molecule has 2 aromatic carbocycles. The van der Waals surface area contributed by atoms with Crippen LogP contribution in [0, 0.1) is 6.92 Å². The van der Waals surface area contributed by atoms with Crippen LogP contribution in [0.5, 0.6) is 0 Å². The van der Waals surface area contributed by atoms with Crippen LogP contribution in [-0.4, -0.2) is 27.1 Å². The van der Waals surface area contributed by atoms with Gasteiger partial charge >= 0.3 is 0 Å². The molecule has 24 heavy (non-hydrogen) atoms. The number of rotatable bonds is 6. The zero-order valence-corrected chi connectivity index (χ0v) is 15.1. The molecule has 0 fully saturated rings. The Morgan fingerprint density at radius 2 is 1.83 bits per heavy atom. The lowest BCUT2D eigenvalue weighted by atomic mass is 10.2. The van der Waals surface area contributed by atoms with Crippen molar-refractivity contribution in [2.24, 2.45) is 0 Å². The number of sulfonamides is 1. The van der Waals surface area contributed by atoms with Gasteiger partial charge < -0.3 is 5.32 Å². The SMILES string of the molecule is Cc1cccc(NC(=O)CCN(c2ccc(Cl)cc2)S(C)(=O)=O)c1. The van der Waals surface area contributed by atoms with E-state index in [-0.39, 0.29) is 18.9 Å². The summed E-state index contributed by atoms with van der Waals surface area (Å²) in [4.78, 5) is 12.1. The number of carbonyl (C=O) groups excluding carboxylic acids is 1. The second-order valence-electron chi connectivity index (χ2n) is 5.48. The summed E-state index contributed by atoms with van der Waals surface area (Å²) >= 11 is 5.83. The van der Waals surface area contributed by atoms with Gasteiger partial charge in [0.15, 0.2) is 0 Å². The number of benzene rings is 2. The molecule has 0 saturated carbocycles. The van der Waals surface area contributed by atoms with E-state index >= 15 is 0 Å². The van der Waals surface area contributed by atoms with Crippen LogP contribution in [0.3, 0.4) is 0 Å². The van der Waals surface area contributed by atoms with Crippen LogP contribution >= 0.6 is 11.6 Å². The average molecular weight is 367 g/mol. The third kappa shape index (κ3) is 5.25. The number of nitrogens with zero attached hydrogens (tertiary/aromatic N) is 1. The van der Waals surface area contributed by atoms with Crippen molar-refractivity contribution in [1.82, 2.24) is 0 Å². The predicted molar refractivity (Wildman–Crippen MR) is 98.1 cm³/mol. The van der Waals surface area contributed by atoms with Crippen LogP contribution in [0.1, 0.15) is 12.0 Å². The Labute approximate surface area is 147 Å². The molecule has 0 unspecified atom stereocenters. The molecule has 2 rings (SSSR count). The summed E-state index contributed by atoms with van der Waals surface area (Å²) in [7, 11) is -3.50. The van der Waals surface area contributed by atoms with Gasteiger partial charge in [-0.2, -0.15) is 0 Å². The van der Waals surface area contributed by atoms with E-state index in [9.17, 15) is 13.2 Å². The smallest absolute Gasteiger partial charge is 0.232 e. The van der Waals surface area contributed by atoms with Gasteiger partial charge in [-0.05, 0) is 48.9 Å².